The van der Waals surface area contributed by atoms with Crippen LogP contribution in [-0.4, -0.2) is 37.6 Å². The van der Waals surface area contributed by atoms with Crippen molar-refractivity contribution in [2.75, 3.05) is 0 Å². The van der Waals surface area contributed by atoms with Crippen LogP contribution in [0, 0.1) is 10.1 Å². The van der Waals surface area contributed by atoms with Crippen LogP contribution in [0.5, 0.6) is 0 Å². The van der Waals surface area contributed by atoms with Gasteiger partial charge in [0.05, 0.1) is 11.1 Å². The van der Waals surface area contributed by atoms with E-state index in [9.17, 15) is 19.5 Å². The molecule has 0 atom stereocenters. The molecule has 2 aromatic carbocycles. The predicted octanol–water partition coefficient (Wildman–Crippen LogP) is 3.18. The van der Waals surface area contributed by atoms with Crippen molar-refractivity contribution in [1.82, 2.24) is 4.90 Å². The van der Waals surface area contributed by atoms with Crippen LogP contribution in [0.15, 0.2) is 48.5 Å². The Hall–Kier alpha value is -2.58. The van der Waals surface area contributed by atoms with Gasteiger partial charge in [-0.15, -0.1) is 0 Å². The van der Waals surface area contributed by atoms with E-state index < -0.39 is 12.5 Å². The number of hydrogen-bond acceptors (Lipinski definition) is 5. The number of nitro benzene ring substituents is 1. The van der Waals surface area contributed by atoms with E-state index in [1.165, 1.54) is 24.3 Å². The first-order valence-electron chi connectivity index (χ1n) is 10.1. The van der Waals surface area contributed by atoms with Gasteiger partial charge in [-0.3, -0.25) is 19.5 Å². The summed E-state index contributed by atoms with van der Waals surface area (Å²) in [5.74, 6) is -0.213. The van der Waals surface area contributed by atoms with Crippen molar-refractivity contribution in [2.45, 2.75) is 50.5 Å². The van der Waals surface area contributed by atoms with Crippen LogP contribution in [-0.2, 0) is 17.3 Å². The molecule has 0 aromatic heterocycles. The number of carbonyl (C=O) groups excluding carboxylic acids is 1. The van der Waals surface area contributed by atoms with Gasteiger partial charge < -0.3 is 20.4 Å². The maximum absolute atomic E-state index is 13.3. The predicted molar refractivity (Wildman–Crippen MR) is 115 cm³/mol. The lowest BCUT2D eigenvalue weighted by atomic mass is 9.90. The Morgan fingerprint density at radius 3 is 2.10 bits per heavy atom. The van der Waals surface area contributed by atoms with E-state index in [1.807, 2.05) is 0 Å². The van der Waals surface area contributed by atoms with E-state index in [4.69, 9.17) is 15.5 Å². The third-order valence-electron chi connectivity index (χ3n) is 5.53. The minimum atomic E-state index is -4.15. The summed E-state index contributed by atoms with van der Waals surface area (Å²) in [5, 5.41) is 10.9. The molecule has 0 unspecified atom stereocenters. The molecule has 4 N–H and O–H groups in total. The van der Waals surface area contributed by atoms with Gasteiger partial charge in [0.25, 0.3) is 11.6 Å². The van der Waals surface area contributed by atoms with Gasteiger partial charge in [0.1, 0.15) is 0 Å². The van der Waals surface area contributed by atoms with Gasteiger partial charge in [-0.2, -0.15) is 0 Å². The first-order valence-corrected chi connectivity index (χ1v) is 11.9. The molecule has 0 saturated heterocycles. The molecule has 0 radical (unpaired) electrons. The fourth-order valence-corrected chi connectivity index (χ4v) is 4.54. The summed E-state index contributed by atoms with van der Waals surface area (Å²) in [6.45, 7) is 0.325. The van der Waals surface area contributed by atoms with Crippen LogP contribution in [0.3, 0.4) is 0 Å². The second-order valence-corrected chi connectivity index (χ2v) is 9.59. The van der Waals surface area contributed by atoms with Crippen LogP contribution < -0.4 is 5.73 Å². The molecule has 0 heterocycles. The lowest BCUT2D eigenvalue weighted by molar-refractivity contribution is -0.384. The lowest BCUT2D eigenvalue weighted by Gasteiger charge is -2.36. The van der Waals surface area contributed by atoms with Crippen LogP contribution >= 0.6 is 7.60 Å². The van der Waals surface area contributed by atoms with Crippen molar-refractivity contribution >= 4 is 19.2 Å². The lowest BCUT2D eigenvalue weighted by Crippen LogP contribution is -2.43. The normalized spacial score (nSPS) is 19.1. The summed E-state index contributed by atoms with van der Waals surface area (Å²) < 4.78 is 11.2. The number of non-ortho nitro benzene ring substituents is 1. The van der Waals surface area contributed by atoms with E-state index in [2.05, 4.69) is 0 Å². The Kier molecular flexibility index (Phi) is 7.23. The topological polar surface area (TPSA) is 147 Å². The number of hydrogen-bond donors (Lipinski definition) is 3. The van der Waals surface area contributed by atoms with Gasteiger partial charge in [-0.1, -0.05) is 24.3 Å². The van der Waals surface area contributed by atoms with Crippen LogP contribution in [0.4, 0.5) is 5.69 Å². The zero-order valence-corrected chi connectivity index (χ0v) is 17.9. The molecule has 1 aliphatic carbocycles. The number of amides is 1. The second kappa shape index (κ2) is 9.70. The molecule has 166 valence electrons. The highest BCUT2D eigenvalue weighted by Gasteiger charge is 2.29. The average Bonchev–Trinajstić information content (AvgIpc) is 2.72. The third-order valence-corrected chi connectivity index (χ3v) is 6.31. The third kappa shape index (κ3) is 6.45. The summed E-state index contributed by atoms with van der Waals surface area (Å²) in [5.41, 5.74) is 7.67. The quantitative estimate of drug-likeness (QED) is 0.335. The smallest absolute Gasteiger partial charge is 0.329 e. The molecule has 1 aliphatic rings. The molecule has 0 bridgehead atoms. The Bertz CT molecular complexity index is 966. The van der Waals surface area contributed by atoms with E-state index >= 15 is 0 Å². The summed E-state index contributed by atoms with van der Waals surface area (Å²) in [6.07, 6.45) is 2.84. The SMILES string of the molecule is NC1CCC(N(Cc2ccc(CP(=O)(O)O)cc2)C(=O)c2ccc([N+](=O)[O-])cc2)CC1. The molecule has 1 fully saturated rings. The van der Waals surface area contributed by atoms with Gasteiger partial charge in [0.15, 0.2) is 0 Å². The van der Waals surface area contributed by atoms with Gasteiger partial charge in [-0.05, 0) is 48.9 Å². The number of rotatable bonds is 7. The largest absolute Gasteiger partial charge is 0.331 e. The summed E-state index contributed by atoms with van der Waals surface area (Å²) >= 11 is 0. The maximum Gasteiger partial charge on any atom is 0.329 e. The number of nitro groups is 1. The van der Waals surface area contributed by atoms with Crippen LogP contribution in [0.1, 0.15) is 47.2 Å². The molecule has 0 spiro atoms. The molecule has 2 aromatic rings. The zero-order chi connectivity index (χ0) is 22.6. The summed E-state index contributed by atoms with van der Waals surface area (Å²) in [4.78, 5) is 43.7. The summed E-state index contributed by atoms with van der Waals surface area (Å²) in [6, 6.07) is 12.5. The minimum absolute atomic E-state index is 0.00253. The molecule has 10 heteroatoms. The second-order valence-electron chi connectivity index (χ2n) is 7.94. The molecule has 1 saturated carbocycles. The highest BCUT2D eigenvalue weighted by Crippen LogP contribution is 2.39. The van der Waals surface area contributed by atoms with Crippen molar-refractivity contribution in [3.05, 3.63) is 75.3 Å². The Morgan fingerprint density at radius 1 is 1.03 bits per heavy atom. The van der Waals surface area contributed by atoms with E-state index in [1.54, 1.807) is 29.2 Å². The molecule has 3 rings (SSSR count). The minimum Gasteiger partial charge on any atom is -0.331 e. The molecule has 1 amide bonds. The Labute approximate surface area is 180 Å². The zero-order valence-electron chi connectivity index (χ0n) is 17.0. The van der Waals surface area contributed by atoms with Gasteiger partial charge in [-0.25, -0.2) is 0 Å². The fourth-order valence-electron chi connectivity index (χ4n) is 3.86. The van der Waals surface area contributed by atoms with Crippen molar-refractivity contribution < 1.29 is 24.1 Å². The number of benzene rings is 2. The maximum atomic E-state index is 13.3. The van der Waals surface area contributed by atoms with Gasteiger partial charge >= 0.3 is 7.60 Å². The van der Waals surface area contributed by atoms with E-state index in [0.29, 0.717) is 17.7 Å². The average molecular weight is 447 g/mol. The van der Waals surface area contributed by atoms with Gasteiger partial charge in [0, 0.05) is 36.3 Å². The number of carbonyl (C=O) groups is 1. The standard InChI is InChI=1S/C21H26N3O6P/c22-18-7-11-19(12-8-18)23(21(25)17-5-9-20(10-6-17)24(26)27)13-15-1-3-16(4-2-15)14-31(28,29)30/h1-6,9-10,18-19H,7-8,11-14,22H2,(H2,28,29,30). The number of nitrogens with two attached hydrogens (primary N) is 1. The Balaban J connectivity index is 1.81. The fraction of sp³-hybridized carbons (Fsp3) is 0.381. The highest BCUT2D eigenvalue weighted by molar-refractivity contribution is 7.50. The van der Waals surface area contributed by atoms with Crippen molar-refractivity contribution in [1.29, 1.82) is 0 Å². The molecule has 9 nitrogen and oxygen atoms in total. The van der Waals surface area contributed by atoms with Crippen molar-refractivity contribution in [3.8, 4) is 0 Å². The first-order chi connectivity index (χ1) is 14.6. The highest BCUT2D eigenvalue weighted by atomic mass is 31.2. The van der Waals surface area contributed by atoms with Gasteiger partial charge in [0.2, 0.25) is 0 Å². The van der Waals surface area contributed by atoms with Crippen molar-refractivity contribution in [3.63, 3.8) is 0 Å². The molecular weight excluding hydrogens is 421 g/mol. The summed E-state index contributed by atoms with van der Waals surface area (Å²) in [7, 11) is -4.15. The van der Waals surface area contributed by atoms with E-state index in [0.717, 1.165) is 31.2 Å². The van der Waals surface area contributed by atoms with Crippen LogP contribution in [0.2, 0.25) is 0 Å². The molecule has 31 heavy (non-hydrogen) atoms. The molecular formula is C21H26N3O6P. The number of nitrogens with zero attached hydrogens (tertiary/aromatic N) is 2. The molecule has 0 aliphatic heterocycles. The van der Waals surface area contributed by atoms with E-state index in [-0.39, 0.29) is 29.8 Å². The Morgan fingerprint density at radius 2 is 1.58 bits per heavy atom. The monoisotopic (exact) mass is 447 g/mol. The van der Waals surface area contributed by atoms with Crippen LogP contribution in [0.25, 0.3) is 0 Å². The van der Waals surface area contributed by atoms with Crippen molar-refractivity contribution in [2.24, 2.45) is 5.73 Å². The first kappa shape index (κ1) is 23.1.